The minimum Gasteiger partial charge on any atom is -0.351 e. The Labute approximate surface area is 103 Å². The molecule has 4 heteroatoms. The number of nitrogens with one attached hydrogen (secondary N) is 1. The van der Waals surface area contributed by atoms with Gasteiger partial charge in [-0.15, -0.1) is 0 Å². The first-order valence-electron chi connectivity index (χ1n) is 5.83. The van der Waals surface area contributed by atoms with Crippen molar-refractivity contribution in [3.8, 4) is 0 Å². The quantitative estimate of drug-likeness (QED) is 0.821. The van der Waals surface area contributed by atoms with Crippen LogP contribution in [0.25, 0.3) is 0 Å². The lowest BCUT2D eigenvalue weighted by Gasteiger charge is -2.24. The van der Waals surface area contributed by atoms with E-state index in [-0.39, 0.29) is 17.4 Å². The van der Waals surface area contributed by atoms with Gasteiger partial charge in [0.15, 0.2) is 0 Å². The van der Waals surface area contributed by atoms with Crippen LogP contribution in [0.5, 0.6) is 0 Å². The van der Waals surface area contributed by atoms with Crippen LogP contribution in [0.3, 0.4) is 0 Å². The highest BCUT2D eigenvalue weighted by molar-refractivity contribution is 5.79. The molecule has 0 aliphatic heterocycles. The van der Waals surface area contributed by atoms with E-state index in [9.17, 15) is 4.79 Å². The van der Waals surface area contributed by atoms with E-state index >= 15 is 0 Å². The van der Waals surface area contributed by atoms with Gasteiger partial charge in [0.2, 0.25) is 5.91 Å². The molecule has 0 saturated heterocycles. The molecule has 0 aromatic carbocycles. The monoisotopic (exact) mass is 235 g/mol. The Hall–Kier alpha value is -1.42. The van der Waals surface area contributed by atoms with Crippen molar-refractivity contribution in [1.29, 1.82) is 0 Å². The van der Waals surface area contributed by atoms with Crippen molar-refractivity contribution in [3.05, 3.63) is 30.1 Å². The fourth-order valence-corrected chi connectivity index (χ4v) is 1.56. The van der Waals surface area contributed by atoms with E-state index in [1.807, 2.05) is 32.9 Å². The topological polar surface area (TPSA) is 68.0 Å². The Morgan fingerprint density at radius 3 is 2.47 bits per heavy atom. The lowest BCUT2D eigenvalue weighted by Crippen LogP contribution is -2.46. The molecule has 1 rings (SSSR count). The van der Waals surface area contributed by atoms with E-state index in [0.29, 0.717) is 13.0 Å². The van der Waals surface area contributed by atoms with Gasteiger partial charge in [-0.05, 0) is 44.9 Å². The summed E-state index contributed by atoms with van der Waals surface area (Å²) in [6.07, 6.45) is 4.11. The van der Waals surface area contributed by atoms with Gasteiger partial charge < -0.3 is 11.1 Å². The number of hydrogen-bond acceptors (Lipinski definition) is 3. The molecule has 1 atom stereocenters. The van der Waals surface area contributed by atoms with E-state index in [1.165, 1.54) is 0 Å². The molecule has 1 unspecified atom stereocenters. The van der Waals surface area contributed by atoms with Crippen LogP contribution >= 0.6 is 0 Å². The van der Waals surface area contributed by atoms with Crippen molar-refractivity contribution in [2.45, 2.75) is 32.7 Å². The SMILES string of the molecule is CC(C)(C)NC(=O)C(CN)Cc1ccncc1. The second-order valence-corrected chi connectivity index (χ2v) is 5.23. The van der Waals surface area contributed by atoms with Crippen LogP contribution in [-0.4, -0.2) is 23.0 Å². The van der Waals surface area contributed by atoms with E-state index < -0.39 is 0 Å². The Bertz CT molecular complexity index is 357. The van der Waals surface area contributed by atoms with E-state index in [1.54, 1.807) is 12.4 Å². The molecular weight excluding hydrogens is 214 g/mol. The molecule has 1 aromatic rings. The average Bonchev–Trinajstić information content (AvgIpc) is 2.24. The maximum atomic E-state index is 12.0. The summed E-state index contributed by atoms with van der Waals surface area (Å²) in [5.74, 6) is -0.173. The van der Waals surface area contributed by atoms with Gasteiger partial charge in [0.25, 0.3) is 0 Å². The van der Waals surface area contributed by atoms with Gasteiger partial charge >= 0.3 is 0 Å². The van der Waals surface area contributed by atoms with Crippen molar-refractivity contribution < 1.29 is 4.79 Å². The second kappa shape index (κ2) is 5.77. The van der Waals surface area contributed by atoms with Crippen molar-refractivity contribution in [3.63, 3.8) is 0 Å². The number of amides is 1. The molecule has 1 aromatic heterocycles. The third-order valence-electron chi connectivity index (χ3n) is 2.38. The summed E-state index contributed by atoms with van der Waals surface area (Å²) in [5, 5.41) is 2.96. The summed E-state index contributed by atoms with van der Waals surface area (Å²) in [6.45, 7) is 6.24. The smallest absolute Gasteiger partial charge is 0.225 e. The summed E-state index contributed by atoms with van der Waals surface area (Å²) in [4.78, 5) is 15.9. The van der Waals surface area contributed by atoms with Gasteiger partial charge in [0.05, 0.1) is 5.92 Å². The molecule has 1 heterocycles. The lowest BCUT2D eigenvalue weighted by atomic mass is 9.97. The number of carbonyl (C=O) groups excluding carboxylic acids is 1. The molecule has 0 aliphatic rings. The summed E-state index contributed by atoms with van der Waals surface area (Å²) in [5.41, 5.74) is 6.53. The molecule has 94 valence electrons. The van der Waals surface area contributed by atoms with Gasteiger partial charge in [-0.1, -0.05) is 0 Å². The molecule has 0 radical (unpaired) electrons. The summed E-state index contributed by atoms with van der Waals surface area (Å²) in [7, 11) is 0. The first-order valence-corrected chi connectivity index (χ1v) is 5.83. The fourth-order valence-electron chi connectivity index (χ4n) is 1.56. The number of rotatable bonds is 4. The van der Waals surface area contributed by atoms with Crippen molar-refractivity contribution in [2.24, 2.45) is 11.7 Å². The molecule has 0 bridgehead atoms. The standard InChI is InChI=1S/C13H21N3O/c1-13(2,3)16-12(17)11(9-14)8-10-4-6-15-7-5-10/h4-7,11H,8-9,14H2,1-3H3,(H,16,17). The fraction of sp³-hybridized carbons (Fsp3) is 0.538. The molecule has 0 aliphatic carbocycles. The van der Waals surface area contributed by atoms with Crippen molar-refractivity contribution >= 4 is 5.91 Å². The third-order valence-corrected chi connectivity index (χ3v) is 2.38. The first kappa shape index (κ1) is 13.6. The predicted molar refractivity (Wildman–Crippen MR) is 68.4 cm³/mol. The highest BCUT2D eigenvalue weighted by atomic mass is 16.2. The van der Waals surface area contributed by atoms with Crippen LogP contribution < -0.4 is 11.1 Å². The minimum absolute atomic E-state index is 0.0109. The van der Waals surface area contributed by atoms with Gasteiger partial charge in [-0.25, -0.2) is 0 Å². The van der Waals surface area contributed by atoms with Crippen LogP contribution in [0.4, 0.5) is 0 Å². The maximum absolute atomic E-state index is 12.0. The van der Waals surface area contributed by atoms with E-state index in [2.05, 4.69) is 10.3 Å². The number of carbonyl (C=O) groups is 1. The predicted octanol–water partition coefficient (Wildman–Crippen LogP) is 1.11. The maximum Gasteiger partial charge on any atom is 0.225 e. The zero-order valence-corrected chi connectivity index (χ0v) is 10.7. The molecule has 1 amide bonds. The molecule has 17 heavy (non-hydrogen) atoms. The van der Waals surface area contributed by atoms with Crippen molar-refractivity contribution in [2.75, 3.05) is 6.54 Å². The zero-order valence-electron chi connectivity index (χ0n) is 10.7. The molecule has 0 fully saturated rings. The molecule has 0 saturated carbocycles. The average molecular weight is 235 g/mol. The van der Waals surface area contributed by atoms with Crippen molar-refractivity contribution in [1.82, 2.24) is 10.3 Å². The van der Waals surface area contributed by atoms with Gasteiger partial charge in [0, 0.05) is 24.5 Å². The zero-order chi connectivity index (χ0) is 12.9. The Kier molecular flexibility index (Phi) is 4.63. The third kappa shape index (κ3) is 4.95. The highest BCUT2D eigenvalue weighted by Gasteiger charge is 2.21. The number of pyridine rings is 1. The molecule has 0 spiro atoms. The highest BCUT2D eigenvalue weighted by Crippen LogP contribution is 2.09. The van der Waals surface area contributed by atoms with Crippen LogP contribution in [0.2, 0.25) is 0 Å². The molecule has 3 N–H and O–H groups in total. The first-order chi connectivity index (χ1) is 7.92. The number of aromatic nitrogens is 1. The van der Waals surface area contributed by atoms with Crippen LogP contribution in [-0.2, 0) is 11.2 Å². The Morgan fingerprint density at radius 1 is 1.41 bits per heavy atom. The molecular formula is C13H21N3O. The Morgan fingerprint density at radius 2 is 2.00 bits per heavy atom. The van der Waals surface area contributed by atoms with E-state index in [0.717, 1.165) is 5.56 Å². The molecule has 4 nitrogen and oxygen atoms in total. The lowest BCUT2D eigenvalue weighted by molar-refractivity contribution is -0.126. The number of nitrogens with two attached hydrogens (primary N) is 1. The van der Waals surface area contributed by atoms with Crippen LogP contribution in [0.1, 0.15) is 26.3 Å². The van der Waals surface area contributed by atoms with Crippen LogP contribution in [0, 0.1) is 5.92 Å². The Balaban J connectivity index is 2.63. The summed E-state index contributed by atoms with van der Waals surface area (Å²) in [6, 6.07) is 3.82. The number of nitrogens with zero attached hydrogens (tertiary/aromatic N) is 1. The minimum atomic E-state index is -0.219. The summed E-state index contributed by atoms with van der Waals surface area (Å²) >= 11 is 0. The van der Waals surface area contributed by atoms with Gasteiger partial charge in [-0.2, -0.15) is 0 Å². The second-order valence-electron chi connectivity index (χ2n) is 5.23. The normalized spacial score (nSPS) is 13.2. The summed E-state index contributed by atoms with van der Waals surface area (Å²) < 4.78 is 0. The van der Waals surface area contributed by atoms with Gasteiger partial charge in [-0.3, -0.25) is 9.78 Å². The van der Waals surface area contributed by atoms with Gasteiger partial charge in [0.1, 0.15) is 0 Å². The van der Waals surface area contributed by atoms with E-state index in [4.69, 9.17) is 5.73 Å². The van der Waals surface area contributed by atoms with Crippen LogP contribution in [0.15, 0.2) is 24.5 Å². The number of hydrogen-bond donors (Lipinski definition) is 2. The largest absolute Gasteiger partial charge is 0.351 e.